The number of furan rings is 1. The van der Waals surface area contributed by atoms with Crippen molar-refractivity contribution in [2.75, 3.05) is 13.2 Å². The van der Waals surface area contributed by atoms with Gasteiger partial charge in [-0.05, 0) is 12.1 Å². The maximum Gasteiger partial charge on any atom is 0.148 e. The Morgan fingerprint density at radius 2 is 2.67 bits per heavy atom. The van der Waals surface area contributed by atoms with E-state index in [2.05, 4.69) is 5.16 Å². The summed E-state index contributed by atoms with van der Waals surface area (Å²) in [5, 5.41) is 3.70. The second-order valence-corrected chi connectivity index (χ2v) is 2.50. The van der Waals surface area contributed by atoms with Crippen molar-refractivity contribution in [3.05, 3.63) is 24.2 Å². The molecule has 2 heterocycles. The predicted molar refractivity (Wildman–Crippen MR) is 42.0 cm³/mol. The van der Waals surface area contributed by atoms with Gasteiger partial charge in [-0.1, -0.05) is 5.16 Å². The van der Waals surface area contributed by atoms with E-state index in [1.807, 2.05) is 0 Å². The third-order valence-corrected chi connectivity index (χ3v) is 1.46. The fourth-order valence-corrected chi connectivity index (χ4v) is 0.744. The first-order valence-corrected chi connectivity index (χ1v) is 3.75. The number of ether oxygens (including phenoxy) is 1. The van der Waals surface area contributed by atoms with Gasteiger partial charge in [-0.3, -0.25) is 0 Å². The van der Waals surface area contributed by atoms with E-state index < -0.39 is 0 Å². The fraction of sp³-hybridized carbons (Fsp3) is 0.375. The highest BCUT2D eigenvalue weighted by Crippen LogP contribution is 2.08. The third-order valence-electron chi connectivity index (χ3n) is 1.46. The Kier molecular flexibility index (Phi) is 2.09. The number of rotatable bonds is 4. The van der Waals surface area contributed by atoms with Gasteiger partial charge < -0.3 is 14.0 Å². The van der Waals surface area contributed by atoms with Crippen molar-refractivity contribution in [1.29, 1.82) is 0 Å². The van der Waals surface area contributed by atoms with Crippen LogP contribution in [0.3, 0.4) is 0 Å². The summed E-state index contributed by atoms with van der Waals surface area (Å²) in [6.45, 7) is 1.31. The highest BCUT2D eigenvalue weighted by molar-refractivity contribution is 5.74. The van der Waals surface area contributed by atoms with Crippen LogP contribution in [0.4, 0.5) is 0 Å². The molecule has 64 valence electrons. The highest BCUT2D eigenvalue weighted by atomic mass is 16.7. The zero-order valence-corrected chi connectivity index (χ0v) is 6.47. The highest BCUT2D eigenvalue weighted by Gasteiger charge is 2.22. The summed E-state index contributed by atoms with van der Waals surface area (Å²) < 4.78 is 9.92. The minimum atomic E-state index is 0.249. The van der Waals surface area contributed by atoms with Gasteiger partial charge >= 0.3 is 0 Å². The molecule has 0 radical (unpaired) electrons. The van der Waals surface area contributed by atoms with Gasteiger partial charge in [0.1, 0.15) is 24.7 Å². The molecule has 0 spiro atoms. The standard InChI is InChI=1S/C8H9NO3/c1-2-7(10-3-1)4-9-12-6-8-5-11-8/h1-4,8H,5-6H2/b9-4+. The van der Waals surface area contributed by atoms with Crippen LogP contribution in [0.25, 0.3) is 0 Å². The summed E-state index contributed by atoms with van der Waals surface area (Å²) in [5.41, 5.74) is 0. The molecule has 1 aromatic rings. The number of hydrogen-bond acceptors (Lipinski definition) is 4. The SMILES string of the molecule is C(=N\OCC1CO1)/c1ccco1. The predicted octanol–water partition coefficient (Wildman–Crippen LogP) is 1.03. The second-order valence-electron chi connectivity index (χ2n) is 2.50. The Bertz CT molecular complexity index is 251. The first-order valence-electron chi connectivity index (χ1n) is 3.75. The molecule has 0 aromatic carbocycles. The number of epoxide rings is 1. The van der Waals surface area contributed by atoms with Crippen molar-refractivity contribution in [2.45, 2.75) is 6.10 Å². The Morgan fingerprint density at radius 3 is 3.33 bits per heavy atom. The van der Waals surface area contributed by atoms with E-state index in [0.717, 1.165) is 6.61 Å². The molecule has 0 amide bonds. The molecule has 1 saturated heterocycles. The monoisotopic (exact) mass is 167 g/mol. The van der Waals surface area contributed by atoms with E-state index in [0.29, 0.717) is 12.4 Å². The lowest BCUT2D eigenvalue weighted by atomic mass is 10.5. The van der Waals surface area contributed by atoms with Crippen molar-refractivity contribution in [3.8, 4) is 0 Å². The molecule has 4 nitrogen and oxygen atoms in total. The molecule has 1 unspecified atom stereocenters. The maximum atomic E-state index is 5.00. The van der Waals surface area contributed by atoms with Crippen LogP contribution in [-0.2, 0) is 9.57 Å². The van der Waals surface area contributed by atoms with E-state index in [1.54, 1.807) is 18.4 Å². The number of nitrogens with zero attached hydrogens (tertiary/aromatic N) is 1. The molecule has 2 rings (SSSR count). The van der Waals surface area contributed by atoms with Crippen LogP contribution in [-0.4, -0.2) is 25.5 Å². The van der Waals surface area contributed by atoms with E-state index in [1.165, 1.54) is 6.21 Å². The zero-order valence-electron chi connectivity index (χ0n) is 6.47. The molecule has 1 atom stereocenters. The van der Waals surface area contributed by atoms with Crippen molar-refractivity contribution < 1.29 is 14.0 Å². The lowest BCUT2D eigenvalue weighted by Gasteiger charge is -1.91. The Hall–Kier alpha value is -1.29. The average molecular weight is 167 g/mol. The quantitative estimate of drug-likeness (QED) is 0.382. The van der Waals surface area contributed by atoms with E-state index in [4.69, 9.17) is 14.0 Å². The normalized spacial score (nSPS) is 21.5. The number of hydrogen-bond donors (Lipinski definition) is 0. The molecule has 1 aliphatic rings. The van der Waals surface area contributed by atoms with Crippen molar-refractivity contribution in [2.24, 2.45) is 5.16 Å². The van der Waals surface area contributed by atoms with Gasteiger partial charge in [-0.2, -0.15) is 0 Å². The van der Waals surface area contributed by atoms with Crippen LogP contribution < -0.4 is 0 Å². The molecule has 12 heavy (non-hydrogen) atoms. The fourth-order valence-electron chi connectivity index (χ4n) is 0.744. The minimum Gasteiger partial charge on any atom is -0.463 e. The summed E-state index contributed by atoms with van der Waals surface area (Å²) in [7, 11) is 0. The molecule has 1 fully saturated rings. The van der Waals surface area contributed by atoms with Crippen LogP contribution in [0.15, 0.2) is 28.0 Å². The first kappa shape index (κ1) is 7.36. The average Bonchev–Trinajstić information content (AvgIpc) is 2.76. The summed E-state index contributed by atoms with van der Waals surface area (Å²) in [6.07, 6.45) is 3.37. The first-order chi connectivity index (χ1) is 5.95. The molecule has 1 aliphatic heterocycles. The summed E-state index contributed by atoms with van der Waals surface area (Å²) >= 11 is 0. The van der Waals surface area contributed by atoms with Crippen LogP contribution in [0, 0.1) is 0 Å². The lowest BCUT2D eigenvalue weighted by Crippen LogP contribution is -1.95. The Morgan fingerprint density at radius 1 is 1.75 bits per heavy atom. The molecule has 0 saturated carbocycles. The van der Waals surface area contributed by atoms with Gasteiger partial charge in [0.2, 0.25) is 0 Å². The molecular formula is C8H9NO3. The van der Waals surface area contributed by atoms with Crippen molar-refractivity contribution in [3.63, 3.8) is 0 Å². The third kappa shape index (κ3) is 2.10. The van der Waals surface area contributed by atoms with E-state index in [-0.39, 0.29) is 6.10 Å². The van der Waals surface area contributed by atoms with Crippen LogP contribution in [0.1, 0.15) is 5.76 Å². The molecule has 4 heteroatoms. The zero-order chi connectivity index (χ0) is 8.23. The number of oxime groups is 1. The van der Waals surface area contributed by atoms with Crippen LogP contribution in [0.5, 0.6) is 0 Å². The molecule has 0 aliphatic carbocycles. The molecular weight excluding hydrogens is 158 g/mol. The molecule has 0 bridgehead atoms. The summed E-state index contributed by atoms with van der Waals surface area (Å²) in [4.78, 5) is 4.92. The minimum absolute atomic E-state index is 0.249. The van der Waals surface area contributed by atoms with Gasteiger partial charge in [0.15, 0.2) is 0 Å². The topological polar surface area (TPSA) is 47.3 Å². The summed E-state index contributed by atoms with van der Waals surface area (Å²) in [6, 6.07) is 3.60. The maximum absolute atomic E-state index is 5.00. The van der Waals surface area contributed by atoms with Crippen molar-refractivity contribution >= 4 is 6.21 Å². The van der Waals surface area contributed by atoms with Gasteiger partial charge in [0, 0.05) is 0 Å². The molecule has 1 aromatic heterocycles. The Balaban J connectivity index is 1.70. The second kappa shape index (κ2) is 3.40. The Labute approximate surface area is 69.8 Å². The van der Waals surface area contributed by atoms with E-state index >= 15 is 0 Å². The van der Waals surface area contributed by atoms with Gasteiger partial charge in [-0.25, -0.2) is 0 Å². The van der Waals surface area contributed by atoms with Crippen LogP contribution in [0.2, 0.25) is 0 Å². The van der Waals surface area contributed by atoms with Crippen molar-refractivity contribution in [1.82, 2.24) is 0 Å². The van der Waals surface area contributed by atoms with Gasteiger partial charge in [0.05, 0.1) is 12.9 Å². The largest absolute Gasteiger partial charge is 0.463 e. The smallest absolute Gasteiger partial charge is 0.148 e. The van der Waals surface area contributed by atoms with E-state index in [9.17, 15) is 0 Å². The molecule has 0 N–H and O–H groups in total. The van der Waals surface area contributed by atoms with Gasteiger partial charge in [-0.15, -0.1) is 0 Å². The lowest BCUT2D eigenvalue weighted by molar-refractivity contribution is 0.126. The summed E-state index contributed by atoms with van der Waals surface area (Å²) in [5.74, 6) is 0.687. The van der Waals surface area contributed by atoms with Crippen LogP contribution >= 0.6 is 0 Å². The van der Waals surface area contributed by atoms with Gasteiger partial charge in [0.25, 0.3) is 0 Å².